The molecule has 1 aromatic carbocycles. The molecule has 2 nitrogen and oxygen atoms in total. The van der Waals surface area contributed by atoms with E-state index >= 15 is 0 Å². The molecule has 0 spiro atoms. The number of aromatic nitrogens is 1. The molecular formula is C13H15FN2S. The van der Waals surface area contributed by atoms with Crippen LogP contribution in [-0.4, -0.2) is 11.5 Å². The maximum atomic E-state index is 12.8. The number of nitrogens with two attached hydrogens (primary N) is 1. The fourth-order valence-corrected chi connectivity index (χ4v) is 2.48. The Hall–Kier alpha value is -1.26. The van der Waals surface area contributed by atoms with Gasteiger partial charge < -0.3 is 5.73 Å². The number of benzene rings is 1. The van der Waals surface area contributed by atoms with E-state index in [9.17, 15) is 4.39 Å². The Morgan fingerprint density at radius 3 is 2.71 bits per heavy atom. The average molecular weight is 250 g/mol. The zero-order chi connectivity index (χ0) is 12.3. The largest absolute Gasteiger partial charge is 0.330 e. The molecule has 1 heterocycles. The van der Waals surface area contributed by atoms with E-state index in [2.05, 4.69) is 17.3 Å². The maximum Gasteiger partial charge on any atom is 0.123 e. The van der Waals surface area contributed by atoms with Crippen LogP contribution in [0.15, 0.2) is 29.6 Å². The highest BCUT2D eigenvalue weighted by molar-refractivity contribution is 7.09. The summed E-state index contributed by atoms with van der Waals surface area (Å²) in [4.78, 5) is 4.54. The minimum atomic E-state index is -0.203. The molecule has 2 N–H and O–H groups in total. The van der Waals surface area contributed by atoms with E-state index in [4.69, 9.17) is 5.73 Å². The van der Waals surface area contributed by atoms with Crippen molar-refractivity contribution in [2.45, 2.75) is 19.3 Å². The summed E-state index contributed by atoms with van der Waals surface area (Å²) in [5.74, 6) is 0.0959. The van der Waals surface area contributed by atoms with Crippen LogP contribution in [0, 0.1) is 5.82 Å². The number of hydrogen-bond donors (Lipinski definition) is 1. The molecular weight excluding hydrogens is 235 g/mol. The van der Waals surface area contributed by atoms with Crippen molar-refractivity contribution in [1.29, 1.82) is 0 Å². The maximum absolute atomic E-state index is 12.8. The Bertz CT molecular complexity index is 478. The Morgan fingerprint density at radius 1 is 1.35 bits per heavy atom. The molecule has 0 saturated heterocycles. The molecule has 0 amide bonds. The molecule has 0 aliphatic carbocycles. The summed E-state index contributed by atoms with van der Waals surface area (Å²) in [6.45, 7) is 2.68. The molecule has 1 atom stereocenters. The minimum Gasteiger partial charge on any atom is -0.330 e. The van der Waals surface area contributed by atoms with Gasteiger partial charge in [0.05, 0.1) is 10.7 Å². The molecule has 0 aliphatic rings. The van der Waals surface area contributed by atoms with Gasteiger partial charge in [-0.2, -0.15) is 0 Å². The first-order chi connectivity index (χ1) is 8.19. The second-order valence-electron chi connectivity index (χ2n) is 4.11. The predicted molar refractivity (Wildman–Crippen MR) is 68.8 cm³/mol. The summed E-state index contributed by atoms with van der Waals surface area (Å²) >= 11 is 1.63. The van der Waals surface area contributed by atoms with Gasteiger partial charge in [-0.25, -0.2) is 9.37 Å². The Morgan fingerprint density at radius 2 is 2.06 bits per heavy atom. The standard InChI is InChI=1S/C13H15FN2S/c1-9(7-15)12-8-17-13(16-12)6-10-2-4-11(14)5-3-10/h2-5,8-9H,6-7,15H2,1H3. The quantitative estimate of drug-likeness (QED) is 0.906. The molecule has 1 aromatic heterocycles. The summed E-state index contributed by atoms with van der Waals surface area (Å²) in [6.07, 6.45) is 0.752. The summed E-state index contributed by atoms with van der Waals surface area (Å²) in [5.41, 5.74) is 7.73. The fourth-order valence-electron chi connectivity index (χ4n) is 1.53. The lowest BCUT2D eigenvalue weighted by atomic mass is 10.1. The first-order valence-electron chi connectivity index (χ1n) is 5.58. The lowest BCUT2D eigenvalue weighted by Gasteiger charge is -2.02. The van der Waals surface area contributed by atoms with E-state index in [0.717, 1.165) is 22.7 Å². The van der Waals surface area contributed by atoms with Crippen molar-refractivity contribution in [1.82, 2.24) is 4.98 Å². The third-order valence-corrected chi connectivity index (χ3v) is 3.56. The van der Waals surface area contributed by atoms with Gasteiger partial charge in [0.15, 0.2) is 0 Å². The van der Waals surface area contributed by atoms with Gasteiger partial charge in [-0.15, -0.1) is 11.3 Å². The van der Waals surface area contributed by atoms with Gasteiger partial charge in [0.1, 0.15) is 5.82 Å². The van der Waals surface area contributed by atoms with Gasteiger partial charge in [-0.3, -0.25) is 0 Å². The number of hydrogen-bond acceptors (Lipinski definition) is 3. The van der Waals surface area contributed by atoms with Crippen LogP contribution in [0.5, 0.6) is 0 Å². The van der Waals surface area contributed by atoms with Crippen LogP contribution in [0.25, 0.3) is 0 Å². The second-order valence-corrected chi connectivity index (χ2v) is 5.05. The smallest absolute Gasteiger partial charge is 0.123 e. The van der Waals surface area contributed by atoms with E-state index in [1.54, 1.807) is 23.5 Å². The number of thiazole rings is 1. The van der Waals surface area contributed by atoms with Crippen LogP contribution in [0.3, 0.4) is 0 Å². The van der Waals surface area contributed by atoms with Crippen molar-refractivity contribution in [3.63, 3.8) is 0 Å². The van der Waals surface area contributed by atoms with Crippen molar-refractivity contribution in [2.75, 3.05) is 6.54 Å². The van der Waals surface area contributed by atoms with Gasteiger partial charge in [0, 0.05) is 24.3 Å². The van der Waals surface area contributed by atoms with E-state index in [-0.39, 0.29) is 5.82 Å². The molecule has 0 radical (unpaired) electrons. The molecule has 0 fully saturated rings. The Labute approximate surface area is 104 Å². The topological polar surface area (TPSA) is 38.9 Å². The highest BCUT2D eigenvalue weighted by Crippen LogP contribution is 2.20. The van der Waals surface area contributed by atoms with Gasteiger partial charge in [0.25, 0.3) is 0 Å². The molecule has 2 aromatic rings. The van der Waals surface area contributed by atoms with Gasteiger partial charge >= 0.3 is 0 Å². The van der Waals surface area contributed by atoms with Crippen LogP contribution in [0.4, 0.5) is 4.39 Å². The van der Waals surface area contributed by atoms with Gasteiger partial charge in [-0.1, -0.05) is 19.1 Å². The monoisotopic (exact) mass is 250 g/mol. The predicted octanol–water partition coefficient (Wildman–Crippen LogP) is 2.94. The Balaban J connectivity index is 2.08. The van der Waals surface area contributed by atoms with Crippen LogP contribution in [0.2, 0.25) is 0 Å². The van der Waals surface area contributed by atoms with E-state index < -0.39 is 0 Å². The van der Waals surface area contributed by atoms with Crippen molar-refractivity contribution in [3.8, 4) is 0 Å². The zero-order valence-electron chi connectivity index (χ0n) is 9.69. The lowest BCUT2D eigenvalue weighted by molar-refractivity contribution is 0.627. The molecule has 0 aliphatic heterocycles. The minimum absolute atomic E-state index is 0.203. The van der Waals surface area contributed by atoms with E-state index in [1.165, 1.54) is 12.1 Å². The van der Waals surface area contributed by atoms with Crippen LogP contribution in [0.1, 0.15) is 29.1 Å². The number of halogens is 1. The third-order valence-electron chi connectivity index (χ3n) is 2.70. The lowest BCUT2D eigenvalue weighted by Crippen LogP contribution is -2.09. The van der Waals surface area contributed by atoms with Crippen molar-refractivity contribution in [2.24, 2.45) is 5.73 Å². The zero-order valence-corrected chi connectivity index (χ0v) is 10.5. The van der Waals surface area contributed by atoms with Crippen LogP contribution in [-0.2, 0) is 6.42 Å². The highest BCUT2D eigenvalue weighted by Gasteiger charge is 2.08. The SMILES string of the molecule is CC(CN)c1csc(Cc2ccc(F)cc2)n1. The molecule has 2 rings (SSSR count). The summed E-state index contributed by atoms with van der Waals surface area (Å²) in [7, 11) is 0. The fraction of sp³-hybridized carbons (Fsp3) is 0.308. The molecule has 0 bridgehead atoms. The number of nitrogens with zero attached hydrogens (tertiary/aromatic N) is 1. The average Bonchev–Trinajstić information content (AvgIpc) is 2.80. The highest BCUT2D eigenvalue weighted by atomic mass is 32.1. The molecule has 4 heteroatoms. The van der Waals surface area contributed by atoms with Crippen LogP contribution < -0.4 is 5.73 Å². The van der Waals surface area contributed by atoms with E-state index in [1.807, 2.05) is 0 Å². The number of rotatable bonds is 4. The third kappa shape index (κ3) is 3.11. The van der Waals surface area contributed by atoms with E-state index in [0.29, 0.717) is 12.5 Å². The molecule has 0 saturated carbocycles. The van der Waals surface area contributed by atoms with Crippen molar-refractivity contribution >= 4 is 11.3 Å². The van der Waals surface area contributed by atoms with Crippen molar-refractivity contribution < 1.29 is 4.39 Å². The summed E-state index contributed by atoms with van der Waals surface area (Å²) in [6, 6.07) is 6.55. The first kappa shape index (κ1) is 12.2. The normalized spacial score (nSPS) is 12.6. The first-order valence-corrected chi connectivity index (χ1v) is 6.46. The Kier molecular flexibility index (Phi) is 3.86. The van der Waals surface area contributed by atoms with Gasteiger partial charge in [0.2, 0.25) is 0 Å². The van der Waals surface area contributed by atoms with Crippen LogP contribution >= 0.6 is 11.3 Å². The summed E-state index contributed by atoms with van der Waals surface area (Å²) in [5, 5.41) is 3.10. The molecule has 17 heavy (non-hydrogen) atoms. The molecule has 1 unspecified atom stereocenters. The second kappa shape index (κ2) is 5.38. The summed E-state index contributed by atoms with van der Waals surface area (Å²) < 4.78 is 12.8. The molecule has 90 valence electrons. The van der Waals surface area contributed by atoms with Crippen molar-refractivity contribution in [3.05, 3.63) is 51.7 Å². The van der Waals surface area contributed by atoms with Gasteiger partial charge in [-0.05, 0) is 17.7 Å².